The van der Waals surface area contributed by atoms with Crippen LogP contribution in [-0.4, -0.2) is 15.1 Å². The summed E-state index contributed by atoms with van der Waals surface area (Å²) in [7, 11) is 0. The summed E-state index contributed by atoms with van der Waals surface area (Å²) in [4.78, 5) is 8.43. The van der Waals surface area contributed by atoms with Crippen LogP contribution < -0.4 is 11.5 Å². The van der Waals surface area contributed by atoms with Gasteiger partial charge in [0.15, 0.2) is 0 Å². The van der Waals surface area contributed by atoms with E-state index < -0.39 is 0 Å². The van der Waals surface area contributed by atoms with Crippen molar-refractivity contribution in [1.82, 2.24) is 15.1 Å². The number of aromatic nitrogens is 3. The van der Waals surface area contributed by atoms with Crippen LogP contribution in [0.25, 0.3) is 11.0 Å². The average molecular weight is 191 g/mol. The Kier molecular flexibility index (Phi) is 1.26. The molecule has 0 aliphatic heterocycles. The minimum Gasteiger partial charge on any atom is -0.383 e. The van der Waals surface area contributed by atoms with Gasteiger partial charge in [0.25, 0.3) is 0 Å². The maximum absolute atomic E-state index is 5.74. The Morgan fingerprint density at radius 3 is 2.71 bits per heavy atom. The van der Waals surface area contributed by atoms with Crippen LogP contribution in [-0.2, 0) is 0 Å². The maximum atomic E-state index is 5.74. The zero-order valence-corrected chi connectivity index (χ0v) is 7.40. The van der Waals surface area contributed by atoms with Gasteiger partial charge in [-0.05, 0) is 12.8 Å². The summed E-state index contributed by atoms with van der Waals surface area (Å²) in [6, 6.07) is 0. The first-order chi connectivity index (χ1) is 6.75. The van der Waals surface area contributed by atoms with E-state index in [9.17, 15) is 0 Å². The summed E-state index contributed by atoms with van der Waals surface area (Å²) in [5.41, 5.74) is 11.7. The van der Waals surface area contributed by atoms with Gasteiger partial charge < -0.3 is 16.0 Å². The predicted octanol–water partition coefficient (Wildman–Crippen LogP) is 0.660. The molecule has 1 saturated carbocycles. The Bertz CT molecular complexity index is 502. The van der Waals surface area contributed by atoms with Crippen molar-refractivity contribution in [2.75, 3.05) is 11.5 Å². The van der Waals surface area contributed by atoms with Crippen molar-refractivity contribution < 1.29 is 4.52 Å². The number of fused-ring (bicyclic) bond motifs is 1. The normalized spacial score (nSPS) is 16.3. The highest BCUT2D eigenvalue weighted by Crippen LogP contribution is 2.39. The van der Waals surface area contributed by atoms with E-state index in [2.05, 4.69) is 15.1 Å². The highest BCUT2D eigenvalue weighted by atomic mass is 16.5. The third-order valence-corrected chi connectivity index (χ3v) is 2.35. The van der Waals surface area contributed by atoms with Crippen LogP contribution >= 0.6 is 0 Å². The van der Waals surface area contributed by atoms with E-state index in [0.717, 1.165) is 18.7 Å². The minimum absolute atomic E-state index is 0.180. The molecule has 2 heterocycles. The molecular weight excluding hydrogens is 182 g/mol. The molecule has 2 aromatic heterocycles. The number of anilines is 2. The van der Waals surface area contributed by atoms with Crippen LogP contribution in [0.1, 0.15) is 24.6 Å². The number of rotatable bonds is 1. The first-order valence-corrected chi connectivity index (χ1v) is 4.44. The summed E-state index contributed by atoms with van der Waals surface area (Å²) in [5, 5.41) is 4.24. The maximum Gasteiger partial charge on any atom is 0.235 e. The molecule has 0 aromatic carbocycles. The average Bonchev–Trinajstić information content (AvgIpc) is 2.92. The Balaban J connectivity index is 2.29. The van der Waals surface area contributed by atoms with Gasteiger partial charge in [0.2, 0.25) is 11.5 Å². The van der Waals surface area contributed by atoms with Crippen molar-refractivity contribution >= 4 is 22.7 Å². The molecule has 1 aliphatic carbocycles. The standard InChI is InChI=1S/C8H9N5O/c9-5-4-6(10)14-13-8(4)12-7(11-5)3-1-2-3/h3H,1-2,10H2,(H2,9,11,12,13). The van der Waals surface area contributed by atoms with Gasteiger partial charge in [0, 0.05) is 5.92 Å². The largest absolute Gasteiger partial charge is 0.383 e. The Labute approximate surface area is 79.3 Å². The van der Waals surface area contributed by atoms with Gasteiger partial charge in [-0.1, -0.05) is 5.16 Å². The topological polar surface area (TPSA) is 104 Å². The second kappa shape index (κ2) is 2.34. The number of nitrogen functional groups attached to an aromatic ring is 2. The first-order valence-electron chi connectivity index (χ1n) is 4.44. The van der Waals surface area contributed by atoms with E-state index in [0.29, 0.717) is 22.8 Å². The highest BCUT2D eigenvalue weighted by Gasteiger charge is 2.28. The Hall–Kier alpha value is -1.85. The molecule has 0 atom stereocenters. The predicted molar refractivity (Wildman–Crippen MR) is 50.4 cm³/mol. The molecule has 0 saturated heterocycles. The molecule has 4 N–H and O–H groups in total. The van der Waals surface area contributed by atoms with Gasteiger partial charge in [0.1, 0.15) is 17.0 Å². The summed E-state index contributed by atoms with van der Waals surface area (Å²) in [5.74, 6) is 1.73. The van der Waals surface area contributed by atoms with Crippen molar-refractivity contribution in [3.8, 4) is 0 Å². The molecule has 0 amide bonds. The summed E-state index contributed by atoms with van der Waals surface area (Å²) < 4.78 is 4.80. The molecule has 2 aromatic rings. The lowest BCUT2D eigenvalue weighted by atomic mass is 10.3. The molecule has 0 spiro atoms. The van der Waals surface area contributed by atoms with Crippen LogP contribution in [0.2, 0.25) is 0 Å². The van der Waals surface area contributed by atoms with Crippen molar-refractivity contribution in [3.63, 3.8) is 0 Å². The van der Waals surface area contributed by atoms with Crippen molar-refractivity contribution in [2.24, 2.45) is 0 Å². The molecule has 14 heavy (non-hydrogen) atoms. The lowest BCUT2D eigenvalue weighted by molar-refractivity contribution is 0.443. The second-order valence-corrected chi connectivity index (χ2v) is 3.49. The van der Waals surface area contributed by atoms with E-state index in [1.807, 2.05) is 0 Å². The first kappa shape index (κ1) is 7.54. The number of nitrogens with zero attached hydrogens (tertiary/aromatic N) is 3. The van der Waals surface area contributed by atoms with Gasteiger partial charge in [-0.25, -0.2) is 9.97 Å². The third-order valence-electron chi connectivity index (χ3n) is 2.35. The quantitative estimate of drug-likeness (QED) is 0.686. The molecule has 6 heteroatoms. The van der Waals surface area contributed by atoms with Gasteiger partial charge in [-0.15, -0.1) is 0 Å². The van der Waals surface area contributed by atoms with Crippen LogP contribution in [0.4, 0.5) is 11.7 Å². The third kappa shape index (κ3) is 0.935. The van der Waals surface area contributed by atoms with Crippen LogP contribution in [0.15, 0.2) is 4.52 Å². The molecule has 1 fully saturated rings. The van der Waals surface area contributed by atoms with E-state index in [4.69, 9.17) is 16.0 Å². The van der Waals surface area contributed by atoms with Crippen LogP contribution in [0.3, 0.4) is 0 Å². The van der Waals surface area contributed by atoms with Crippen molar-refractivity contribution in [3.05, 3.63) is 5.82 Å². The fourth-order valence-corrected chi connectivity index (χ4v) is 1.45. The smallest absolute Gasteiger partial charge is 0.235 e. The van der Waals surface area contributed by atoms with Gasteiger partial charge in [0.05, 0.1) is 0 Å². The second-order valence-electron chi connectivity index (χ2n) is 3.49. The monoisotopic (exact) mass is 191 g/mol. The molecule has 0 radical (unpaired) electrons. The zero-order valence-electron chi connectivity index (χ0n) is 7.40. The van der Waals surface area contributed by atoms with Crippen molar-refractivity contribution in [1.29, 1.82) is 0 Å². The summed E-state index contributed by atoms with van der Waals surface area (Å²) >= 11 is 0. The van der Waals surface area contributed by atoms with Gasteiger partial charge >= 0.3 is 0 Å². The van der Waals surface area contributed by atoms with E-state index in [-0.39, 0.29) is 5.88 Å². The fraction of sp³-hybridized carbons (Fsp3) is 0.375. The summed E-state index contributed by atoms with van der Waals surface area (Å²) in [6.07, 6.45) is 2.25. The number of hydrogen-bond acceptors (Lipinski definition) is 6. The molecule has 0 bridgehead atoms. The fourth-order valence-electron chi connectivity index (χ4n) is 1.45. The zero-order chi connectivity index (χ0) is 9.71. The SMILES string of the molecule is Nc1nc(C2CC2)nc2noc(N)c12. The summed E-state index contributed by atoms with van der Waals surface area (Å²) in [6.45, 7) is 0. The lowest BCUT2D eigenvalue weighted by Gasteiger charge is -1.98. The molecule has 0 unspecified atom stereocenters. The van der Waals surface area contributed by atoms with E-state index in [1.165, 1.54) is 0 Å². The minimum atomic E-state index is 0.180. The molecule has 1 aliphatic rings. The molecule has 3 rings (SSSR count). The van der Waals surface area contributed by atoms with E-state index >= 15 is 0 Å². The number of hydrogen-bond donors (Lipinski definition) is 2. The molecule has 72 valence electrons. The highest BCUT2D eigenvalue weighted by molar-refractivity contribution is 5.93. The van der Waals surface area contributed by atoms with Crippen LogP contribution in [0.5, 0.6) is 0 Å². The molecular formula is C8H9N5O. The molecule has 6 nitrogen and oxygen atoms in total. The Morgan fingerprint density at radius 2 is 2.00 bits per heavy atom. The van der Waals surface area contributed by atoms with E-state index in [1.54, 1.807) is 0 Å². The lowest BCUT2D eigenvalue weighted by Crippen LogP contribution is -1.99. The van der Waals surface area contributed by atoms with Crippen LogP contribution in [0, 0.1) is 0 Å². The van der Waals surface area contributed by atoms with Gasteiger partial charge in [-0.3, -0.25) is 0 Å². The van der Waals surface area contributed by atoms with Crippen molar-refractivity contribution in [2.45, 2.75) is 18.8 Å². The van der Waals surface area contributed by atoms with Gasteiger partial charge in [-0.2, -0.15) is 0 Å². The Morgan fingerprint density at radius 1 is 1.21 bits per heavy atom. The number of nitrogens with two attached hydrogens (primary N) is 2.